The Bertz CT molecular complexity index is 744. The van der Waals surface area contributed by atoms with Gasteiger partial charge in [-0.1, -0.05) is 32.4 Å². The summed E-state index contributed by atoms with van der Waals surface area (Å²) in [5.74, 6) is 0.295. The highest BCUT2D eigenvalue weighted by atomic mass is 16.5. The summed E-state index contributed by atoms with van der Waals surface area (Å²) in [5.41, 5.74) is 1.62. The SMILES string of the molecule is CCCCNC(=O)c1cccc(NC(=O)c2cccc(OCCC)c2)c1. The molecule has 2 aromatic carbocycles. The van der Waals surface area contributed by atoms with Gasteiger partial charge in [-0.3, -0.25) is 9.59 Å². The average molecular weight is 354 g/mol. The highest BCUT2D eigenvalue weighted by Gasteiger charge is 2.10. The number of carbonyl (C=O) groups excluding carboxylic acids is 2. The van der Waals surface area contributed by atoms with Crippen molar-refractivity contribution >= 4 is 17.5 Å². The van der Waals surface area contributed by atoms with E-state index < -0.39 is 0 Å². The maximum Gasteiger partial charge on any atom is 0.255 e. The Kier molecular flexibility index (Phi) is 7.68. The summed E-state index contributed by atoms with van der Waals surface area (Å²) >= 11 is 0. The smallest absolute Gasteiger partial charge is 0.255 e. The number of nitrogens with one attached hydrogen (secondary N) is 2. The second-order valence-corrected chi connectivity index (χ2v) is 6.02. The average Bonchev–Trinajstić information content (AvgIpc) is 2.67. The Morgan fingerprint density at radius 1 is 0.923 bits per heavy atom. The van der Waals surface area contributed by atoms with Gasteiger partial charge in [0.1, 0.15) is 5.75 Å². The van der Waals surface area contributed by atoms with E-state index >= 15 is 0 Å². The zero-order valence-corrected chi connectivity index (χ0v) is 15.4. The first-order valence-electron chi connectivity index (χ1n) is 9.06. The molecule has 0 aliphatic carbocycles. The van der Waals surface area contributed by atoms with E-state index in [4.69, 9.17) is 4.74 Å². The lowest BCUT2D eigenvalue weighted by atomic mass is 10.1. The number of ether oxygens (including phenoxy) is 1. The molecule has 2 rings (SSSR count). The lowest BCUT2D eigenvalue weighted by molar-refractivity contribution is 0.0951. The van der Waals surface area contributed by atoms with E-state index in [1.807, 2.05) is 13.0 Å². The predicted octanol–water partition coefficient (Wildman–Crippen LogP) is 4.26. The molecule has 2 amide bonds. The van der Waals surface area contributed by atoms with Crippen LogP contribution in [0.15, 0.2) is 48.5 Å². The number of rotatable bonds is 9. The fraction of sp³-hybridized carbons (Fsp3) is 0.333. The Hall–Kier alpha value is -2.82. The minimum absolute atomic E-state index is 0.135. The molecule has 138 valence electrons. The maximum atomic E-state index is 12.5. The summed E-state index contributed by atoms with van der Waals surface area (Å²) in [7, 11) is 0. The fourth-order valence-electron chi connectivity index (χ4n) is 2.37. The van der Waals surface area contributed by atoms with Crippen LogP contribution in [0, 0.1) is 0 Å². The van der Waals surface area contributed by atoms with E-state index in [9.17, 15) is 9.59 Å². The topological polar surface area (TPSA) is 67.4 Å². The Labute approximate surface area is 154 Å². The third kappa shape index (κ3) is 5.92. The molecule has 2 N–H and O–H groups in total. The van der Waals surface area contributed by atoms with E-state index in [1.165, 1.54) is 0 Å². The molecule has 0 unspecified atom stereocenters. The molecular formula is C21H26N2O3. The van der Waals surface area contributed by atoms with Gasteiger partial charge in [-0.2, -0.15) is 0 Å². The molecule has 0 bridgehead atoms. The molecule has 0 atom stereocenters. The molecule has 0 aliphatic rings. The number of carbonyl (C=O) groups is 2. The maximum absolute atomic E-state index is 12.5. The molecule has 0 fully saturated rings. The van der Waals surface area contributed by atoms with Crippen LogP contribution in [0.2, 0.25) is 0 Å². The second kappa shape index (κ2) is 10.2. The van der Waals surface area contributed by atoms with Gasteiger partial charge < -0.3 is 15.4 Å². The molecule has 2 aromatic rings. The van der Waals surface area contributed by atoms with Crippen LogP contribution in [0.4, 0.5) is 5.69 Å². The minimum Gasteiger partial charge on any atom is -0.494 e. The van der Waals surface area contributed by atoms with Crippen LogP contribution in [0.3, 0.4) is 0 Å². The largest absolute Gasteiger partial charge is 0.494 e. The monoisotopic (exact) mass is 354 g/mol. The summed E-state index contributed by atoms with van der Waals surface area (Å²) in [5, 5.41) is 5.70. The van der Waals surface area contributed by atoms with Crippen molar-refractivity contribution in [1.82, 2.24) is 5.32 Å². The normalized spacial score (nSPS) is 10.2. The second-order valence-electron chi connectivity index (χ2n) is 6.02. The van der Waals surface area contributed by atoms with Crippen molar-refractivity contribution in [2.75, 3.05) is 18.5 Å². The van der Waals surface area contributed by atoms with Gasteiger partial charge in [0.15, 0.2) is 0 Å². The third-order valence-corrected chi connectivity index (χ3v) is 3.77. The molecule has 5 nitrogen and oxygen atoms in total. The summed E-state index contributed by atoms with van der Waals surface area (Å²) in [6.07, 6.45) is 2.87. The molecule has 0 spiro atoms. The van der Waals surface area contributed by atoms with E-state index in [0.29, 0.717) is 35.7 Å². The first-order valence-corrected chi connectivity index (χ1v) is 9.06. The quantitative estimate of drug-likeness (QED) is 0.661. The number of hydrogen-bond donors (Lipinski definition) is 2. The van der Waals surface area contributed by atoms with E-state index in [-0.39, 0.29) is 11.8 Å². The van der Waals surface area contributed by atoms with Gasteiger partial charge in [0.2, 0.25) is 0 Å². The van der Waals surface area contributed by atoms with Crippen molar-refractivity contribution in [3.63, 3.8) is 0 Å². The zero-order chi connectivity index (χ0) is 18.8. The Balaban J connectivity index is 2.03. The molecule has 0 radical (unpaired) electrons. The highest BCUT2D eigenvalue weighted by molar-refractivity contribution is 6.05. The van der Waals surface area contributed by atoms with Gasteiger partial charge in [0, 0.05) is 23.4 Å². The molecule has 5 heteroatoms. The molecule has 0 saturated heterocycles. The van der Waals surface area contributed by atoms with Crippen molar-refractivity contribution in [2.45, 2.75) is 33.1 Å². The van der Waals surface area contributed by atoms with Crippen LogP contribution >= 0.6 is 0 Å². The number of unbranched alkanes of at least 4 members (excludes halogenated alkanes) is 1. The third-order valence-electron chi connectivity index (χ3n) is 3.77. The van der Waals surface area contributed by atoms with E-state index in [0.717, 1.165) is 19.3 Å². The van der Waals surface area contributed by atoms with Crippen LogP contribution < -0.4 is 15.4 Å². The summed E-state index contributed by atoms with van der Waals surface area (Å²) in [6.45, 7) is 5.36. The van der Waals surface area contributed by atoms with Gasteiger partial charge in [0.05, 0.1) is 6.61 Å². The lowest BCUT2D eigenvalue weighted by Gasteiger charge is -2.09. The zero-order valence-electron chi connectivity index (χ0n) is 15.4. The van der Waals surface area contributed by atoms with Gasteiger partial charge in [-0.25, -0.2) is 0 Å². The Morgan fingerprint density at radius 3 is 2.38 bits per heavy atom. The van der Waals surface area contributed by atoms with Crippen LogP contribution in [0.5, 0.6) is 5.75 Å². The van der Waals surface area contributed by atoms with Crippen LogP contribution in [0.1, 0.15) is 53.8 Å². The van der Waals surface area contributed by atoms with Crippen molar-refractivity contribution in [3.05, 3.63) is 59.7 Å². The summed E-state index contributed by atoms with van der Waals surface area (Å²) in [4.78, 5) is 24.6. The van der Waals surface area contributed by atoms with E-state index in [2.05, 4.69) is 17.6 Å². The van der Waals surface area contributed by atoms with Crippen molar-refractivity contribution in [1.29, 1.82) is 0 Å². The van der Waals surface area contributed by atoms with Crippen molar-refractivity contribution < 1.29 is 14.3 Å². The van der Waals surface area contributed by atoms with Crippen LogP contribution in [-0.2, 0) is 0 Å². The molecule has 0 aromatic heterocycles. The first-order chi connectivity index (χ1) is 12.6. The predicted molar refractivity (Wildman–Crippen MR) is 104 cm³/mol. The number of benzene rings is 2. The first kappa shape index (κ1) is 19.5. The molecular weight excluding hydrogens is 328 g/mol. The van der Waals surface area contributed by atoms with Gasteiger partial charge >= 0.3 is 0 Å². The van der Waals surface area contributed by atoms with Gasteiger partial charge in [-0.15, -0.1) is 0 Å². The van der Waals surface area contributed by atoms with Crippen LogP contribution in [0.25, 0.3) is 0 Å². The van der Waals surface area contributed by atoms with Gasteiger partial charge in [-0.05, 0) is 49.2 Å². The summed E-state index contributed by atoms with van der Waals surface area (Å²) in [6, 6.07) is 14.0. The van der Waals surface area contributed by atoms with Crippen molar-refractivity contribution in [3.8, 4) is 5.75 Å². The fourth-order valence-corrected chi connectivity index (χ4v) is 2.37. The highest BCUT2D eigenvalue weighted by Crippen LogP contribution is 2.16. The molecule has 26 heavy (non-hydrogen) atoms. The molecule has 0 heterocycles. The number of anilines is 1. The van der Waals surface area contributed by atoms with E-state index in [1.54, 1.807) is 42.5 Å². The molecule has 0 aliphatic heterocycles. The molecule has 0 saturated carbocycles. The number of amides is 2. The standard InChI is InChI=1S/C21H26N2O3/c1-3-5-12-22-20(24)16-8-6-10-18(14-16)23-21(25)17-9-7-11-19(15-17)26-13-4-2/h6-11,14-15H,3-5,12-13H2,1-2H3,(H,22,24)(H,23,25). The summed E-state index contributed by atoms with van der Waals surface area (Å²) < 4.78 is 5.56. The van der Waals surface area contributed by atoms with Gasteiger partial charge in [0.25, 0.3) is 11.8 Å². The minimum atomic E-state index is -0.240. The lowest BCUT2D eigenvalue weighted by Crippen LogP contribution is -2.24. The van der Waals surface area contributed by atoms with Crippen molar-refractivity contribution in [2.24, 2.45) is 0 Å². The van der Waals surface area contributed by atoms with Crippen LogP contribution in [-0.4, -0.2) is 25.0 Å². The Morgan fingerprint density at radius 2 is 1.65 bits per heavy atom. The number of hydrogen-bond acceptors (Lipinski definition) is 3.